The van der Waals surface area contributed by atoms with Crippen LogP contribution in [0.25, 0.3) is 0 Å². The van der Waals surface area contributed by atoms with Gasteiger partial charge in [-0.05, 0) is 55.3 Å². The van der Waals surface area contributed by atoms with Crippen LogP contribution in [-0.4, -0.2) is 8.42 Å². The fraction of sp³-hybridized carbons (Fsp3) is 0.143. The number of aryl methyl sites for hydroxylation is 2. The molecule has 3 N–H and O–H groups in total. The van der Waals surface area contributed by atoms with Crippen molar-refractivity contribution in [2.24, 2.45) is 0 Å². The van der Waals surface area contributed by atoms with Crippen molar-refractivity contribution in [1.82, 2.24) is 0 Å². The highest BCUT2D eigenvalue weighted by atomic mass is 32.2. The molecule has 2 aromatic carbocycles. The van der Waals surface area contributed by atoms with E-state index in [2.05, 4.69) is 4.72 Å². The zero-order valence-electron chi connectivity index (χ0n) is 11.1. The molecule has 0 bridgehead atoms. The summed E-state index contributed by atoms with van der Waals surface area (Å²) in [6.07, 6.45) is 0. The monoisotopic (exact) mass is 294 g/mol. The predicted molar refractivity (Wildman–Crippen MR) is 77.5 cm³/mol. The van der Waals surface area contributed by atoms with Crippen LogP contribution in [0, 0.1) is 19.7 Å². The van der Waals surface area contributed by atoms with E-state index in [-0.39, 0.29) is 4.90 Å². The Balaban J connectivity index is 2.38. The first-order chi connectivity index (χ1) is 9.29. The van der Waals surface area contributed by atoms with Crippen LogP contribution >= 0.6 is 0 Å². The van der Waals surface area contributed by atoms with Crippen LogP contribution in [0.1, 0.15) is 11.1 Å². The first-order valence-electron chi connectivity index (χ1n) is 5.95. The van der Waals surface area contributed by atoms with Crippen molar-refractivity contribution in [3.63, 3.8) is 0 Å². The molecule has 0 aliphatic carbocycles. The topological polar surface area (TPSA) is 72.2 Å². The molecule has 0 amide bonds. The van der Waals surface area contributed by atoms with E-state index in [1.807, 2.05) is 0 Å². The molecule has 106 valence electrons. The van der Waals surface area contributed by atoms with Gasteiger partial charge < -0.3 is 5.73 Å². The predicted octanol–water partition coefficient (Wildman–Crippen LogP) is 2.83. The van der Waals surface area contributed by atoms with E-state index in [9.17, 15) is 12.8 Å². The van der Waals surface area contributed by atoms with Gasteiger partial charge >= 0.3 is 0 Å². The normalized spacial score (nSPS) is 11.3. The third-order valence-corrected chi connectivity index (χ3v) is 4.36. The van der Waals surface area contributed by atoms with E-state index < -0.39 is 15.8 Å². The van der Waals surface area contributed by atoms with Crippen LogP contribution in [-0.2, 0) is 10.0 Å². The second-order valence-electron chi connectivity index (χ2n) is 4.58. The fourth-order valence-electron chi connectivity index (χ4n) is 1.73. The summed E-state index contributed by atoms with van der Waals surface area (Å²) < 4.78 is 39.9. The smallest absolute Gasteiger partial charge is 0.261 e. The molecule has 2 aromatic rings. The van der Waals surface area contributed by atoms with Gasteiger partial charge in [0, 0.05) is 5.69 Å². The second-order valence-corrected chi connectivity index (χ2v) is 6.27. The molecule has 0 spiro atoms. The second kappa shape index (κ2) is 5.13. The molecule has 6 heteroatoms. The van der Waals surface area contributed by atoms with Crippen LogP contribution in [0.5, 0.6) is 0 Å². The minimum atomic E-state index is -3.74. The number of halogens is 1. The summed E-state index contributed by atoms with van der Waals surface area (Å²) in [6, 6.07) is 8.38. The summed E-state index contributed by atoms with van der Waals surface area (Å²) in [4.78, 5) is 0.0734. The van der Waals surface area contributed by atoms with Gasteiger partial charge in [0.1, 0.15) is 5.82 Å². The molecular formula is C14H15FN2O2S. The molecule has 0 saturated carbocycles. The highest BCUT2D eigenvalue weighted by Crippen LogP contribution is 2.22. The largest absolute Gasteiger partial charge is 0.398 e. The molecule has 2 rings (SSSR count). The van der Waals surface area contributed by atoms with Gasteiger partial charge in [0.15, 0.2) is 0 Å². The van der Waals surface area contributed by atoms with Gasteiger partial charge in [-0.1, -0.05) is 6.07 Å². The Labute approximate surface area is 117 Å². The summed E-state index contributed by atoms with van der Waals surface area (Å²) in [6.45, 7) is 3.42. The number of rotatable bonds is 3. The third kappa shape index (κ3) is 2.91. The molecule has 0 atom stereocenters. The number of sulfonamides is 1. The Morgan fingerprint density at radius 3 is 2.35 bits per heavy atom. The number of hydrogen-bond donors (Lipinski definition) is 2. The van der Waals surface area contributed by atoms with Crippen molar-refractivity contribution in [2.75, 3.05) is 10.5 Å². The van der Waals surface area contributed by atoms with Gasteiger partial charge in [-0.25, -0.2) is 12.8 Å². The number of nitrogens with one attached hydrogen (secondary N) is 1. The molecule has 0 unspecified atom stereocenters. The summed E-state index contributed by atoms with van der Waals surface area (Å²) >= 11 is 0. The van der Waals surface area contributed by atoms with Crippen molar-refractivity contribution >= 4 is 21.4 Å². The Morgan fingerprint density at radius 1 is 1.05 bits per heavy atom. The lowest BCUT2D eigenvalue weighted by atomic mass is 10.2. The minimum Gasteiger partial charge on any atom is -0.398 e. The molecule has 0 aliphatic heterocycles. The molecule has 4 nitrogen and oxygen atoms in total. The van der Waals surface area contributed by atoms with Gasteiger partial charge in [0.2, 0.25) is 0 Å². The first kappa shape index (κ1) is 14.3. The van der Waals surface area contributed by atoms with E-state index in [0.29, 0.717) is 16.9 Å². The standard InChI is InChI=1S/C14H15FN2O2S/c1-9-3-5-12(8-13(9)16)20(18,19)17-14-6-4-11(15)7-10(14)2/h3-8,17H,16H2,1-2H3. The summed E-state index contributed by atoms with van der Waals surface area (Å²) in [5.74, 6) is -0.412. The van der Waals surface area contributed by atoms with Crippen LogP contribution in [0.3, 0.4) is 0 Å². The van der Waals surface area contributed by atoms with Crippen molar-refractivity contribution in [3.05, 3.63) is 53.3 Å². The van der Waals surface area contributed by atoms with Crippen LogP contribution in [0.15, 0.2) is 41.3 Å². The number of nitrogens with two attached hydrogens (primary N) is 1. The van der Waals surface area contributed by atoms with E-state index in [4.69, 9.17) is 5.73 Å². The van der Waals surface area contributed by atoms with E-state index >= 15 is 0 Å². The Kier molecular flexibility index (Phi) is 3.67. The highest BCUT2D eigenvalue weighted by molar-refractivity contribution is 7.92. The molecule has 0 saturated heterocycles. The molecule has 0 aliphatic rings. The maximum atomic E-state index is 13.0. The Bertz CT molecular complexity index is 758. The SMILES string of the molecule is Cc1ccc(S(=O)(=O)Nc2ccc(F)cc2C)cc1N. The summed E-state index contributed by atoms with van der Waals surface area (Å²) in [5.41, 5.74) is 7.78. The molecule has 0 fully saturated rings. The zero-order chi connectivity index (χ0) is 14.9. The van der Waals surface area contributed by atoms with E-state index in [0.717, 1.165) is 5.56 Å². The van der Waals surface area contributed by atoms with Crippen LogP contribution in [0.2, 0.25) is 0 Å². The number of nitrogen functional groups attached to an aromatic ring is 1. The third-order valence-electron chi connectivity index (χ3n) is 2.99. The molecular weight excluding hydrogens is 279 g/mol. The quantitative estimate of drug-likeness (QED) is 0.855. The average molecular weight is 294 g/mol. The molecule has 20 heavy (non-hydrogen) atoms. The van der Waals surface area contributed by atoms with E-state index in [1.54, 1.807) is 19.9 Å². The molecule has 0 aromatic heterocycles. The van der Waals surface area contributed by atoms with Gasteiger partial charge in [-0.15, -0.1) is 0 Å². The lowest BCUT2D eigenvalue weighted by Gasteiger charge is -2.11. The van der Waals surface area contributed by atoms with Crippen molar-refractivity contribution in [3.8, 4) is 0 Å². The van der Waals surface area contributed by atoms with Crippen LogP contribution in [0.4, 0.5) is 15.8 Å². The first-order valence-corrected chi connectivity index (χ1v) is 7.43. The average Bonchev–Trinajstić information content (AvgIpc) is 2.36. The van der Waals surface area contributed by atoms with Gasteiger partial charge in [-0.3, -0.25) is 4.72 Å². The molecule has 0 radical (unpaired) electrons. The fourth-order valence-corrected chi connectivity index (χ4v) is 2.90. The lowest BCUT2D eigenvalue weighted by molar-refractivity contribution is 0.601. The minimum absolute atomic E-state index is 0.0734. The zero-order valence-corrected chi connectivity index (χ0v) is 12.0. The maximum Gasteiger partial charge on any atom is 0.261 e. The van der Waals surface area contributed by atoms with E-state index in [1.165, 1.54) is 30.3 Å². The summed E-state index contributed by atoms with van der Waals surface area (Å²) in [5, 5.41) is 0. The van der Waals surface area contributed by atoms with Crippen molar-refractivity contribution < 1.29 is 12.8 Å². The maximum absolute atomic E-state index is 13.0. The summed E-state index contributed by atoms with van der Waals surface area (Å²) in [7, 11) is -3.74. The molecule has 0 heterocycles. The van der Waals surface area contributed by atoms with Gasteiger partial charge in [0.05, 0.1) is 10.6 Å². The van der Waals surface area contributed by atoms with Crippen molar-refractivity contribution in [2.45, 2.75) is 18.7 Å². The highest BCUT2D eigenvalue weighted by Gasteiger charge is 2.16. The Morgan fingerprint density at radius 2 is 1.75 bits per heavy atom. The number of hydrogen-bond acceptors (Lipinski definition) is 3. The Hall–Kier alpha value is -2.08. The van der Waals surface area contributed by atoms with Crippen molar-refractivity contribution in [1.29, 1.82) is 0 Å². The lowest BCUT2D eigenvalue weighted by Crippen LogP contribution is -2.14. The van der Waals surface area contributed by atoms with Gasteiger partial charge in [-0.2, -0.15) is 0 Å². The van der Waals surface area contributed by atoms with Gasteiger partial charge in [0.25, 0.3) is 10.0 Å². The number of anilines is 2. The number of benzene rings is 2. The van der Waals surface area contributed by atoms with Crippen LogP contribution < -0.4 is 10.5 Å².